The molecule has 0 aromatic heterocycles. The van der Waals surface area contributed by atoms with E-state index < -0.39 is 0 Å². The topological polar surface area (TPSA) is 72.3 Å². The van der Waals surface area contributed by atoms with E-state index in [1.165, 1.54) is 0 Å². The van der Waals surface area contributed by atoms with Gasteiger partial charge in [0.2, 0.25) is 0 Å². The Balaban J connectivity index is 1.30. The highest BCUT2D eigenvalue weighted by Gasteiger charge is 2.16. The van der Waals surface area contributed by atoms with Crippen molar-refractivity contribution in [2.75, 3.05) is 18.5 Å². The Morgan fingerprint density at radius 3 is 2.30 bits per heavy atom. The predicted molar refractivity (Wildman–Crippen MR) is 116 cm³/mol. The number of nitrogens with zero attached hydrogens (tertiary/aromatic N) is 2. The Labute approximate surface area is 175 Å². The number of benzene rings is 3. The third-order valence-electron chi connectivity index (χ3n) is 4.74. The van der Waals surface area contributed by atoms with Gasteiger partial charge in [0.25, 0.3) is 5.91 Å². The van der Waals surface area contributed by atoms with E-state index in [0.717, 1.165) is 30.9 Å². The van der Waals surface area contributed by atoms with E-state index in [1.807, 2.05) is 42.5 Å². The Morgan fingerprint density at radius 2 is 1.63 bits per heavy atom. The maximum Gasteiger partial charge on any atom is 0.255 e. The fourth-order valence-corrected chi connectivity index (χ4v) is 3.09. The van der Waals surface area contributed by atoms with Crippen LogP contribution in [0.25, 0.3) is 0 Å². The van der Waals surface area contributed by atoms with Crippen molar-refractivity contribution in [3.05, 3.63) is 84.4 Å². The summed E-state index contributed by atoms with van der Waals surface area (Å²) in [5, 5.41) is 11.3. The molecule has 4 rings (SSSR count). The molecule has 1 aliphatic rings. The standard InChI is InChI=1S/C24H23N3O3/c28-24(18-8-14-22(15-9-18)30-17-23-7-4-16-29-23)25-19-10-12-21(13-11-19)27-26-20-5-2-1-3-6-20/h1-3,5-6,8-15,23H,4,7,16-17H2,(H,25,28). The zero-order valence-corrected chi connectivity index (χ0v) is 16.5. The third kappa shape index (κ3) is 5.52. The number of azo groups is 1. The number of amides is 1. The first-order valence-electron chi connectivity index (χ1n) is 9.99. The average Bonchev–Trinajstić information content (AvgIpc) is 3.32. The van der Waals surface area contributed by atoms with Crippen molar-refractivity contribution < 1.29 is 14.3 Å². The van der Waals surface area contributed by atoms with Crippen LogP contribution in [0, 0.1) is 0 Å². The number of carbonyl (C=O) groups is 1. The van der Waals surface area contributed by atoms with Crippen LogP contribution in [0.5, 0.6) is 5.75 Å². The van der Waals surface area contributed by atoms with E-state index in [4.69, 9.17) is 9.47 Å². The second kappa shape index (κ2) is 9.80. The number of hydrogen-bond acceptors (Lipinski definition) is 5. The van der Waals surface area contributed by atoms with Crippen molar-refractivity contribution in [2.24, 2.45) is 10.2 Å². The lowest BCUT2D eigenvalue weighted by Crippen LogP contribution is -2.16. The van der Waals surface area contributed by atoms with Crippen LogP contribution in [0.2, 0.25) is 0 Å². The van der Waals surface area contributed by atoms with Gasteiger partial charge in [-0.25, -0.2) is 0 Å². The summed E-state index contributed by atoms with van der Waals surface area (Å²) in [5.41, 5.74) is 2.76. The number of anilines is 1. The monoisotopic (exact) mass is 401 g/mol. The summed E-state index contributed by atoms with van der Waals surface area (Å²) in [4.78, 5) is 12.5. The number of hydrogen-bond donors (Lipinski definition) is 1. The zero-order valence-electron chi connectivity index (χ0n) is 16.5. The van der Waals surface area contributed by atoms with Crippen LogP contribution in [0.4, 0.5) is 17.1 Å². The van der Waals surface area contributed by atoms with Gasteiger partial charge in [-0.15, -0.1) is 0 Å². The first-order chi connectivity index (χ1) is 14.8. The first-order valence-corrected chi connectivity index (χ1v) is 9.99. The van der Waals surface area contributed by atoms with Gasteiger partial charge in [0.15, 0.2) is 0 Å². The summed E-state index contributed by atoms with van der Waals surface area (Å²) in [7, 11) is 0. The second-order valence-electron chi connectivity index (χ2n) is 7.01. The third-order valence-corrected chi connectivity index (χ3v) is 4.74. The quantitative estimate of drug-likeness (QED) is 0.500. The van der Waals surface area contributed by atoms with Gasteiger partial charge in [-0.3, -0.25) is 4.79 Å². The van der Waals surface area contributed by atoms with Crippen LogP contribution < -0.4 is 10.1 Å². The summed E-state index contributed by atoms with van der Waals surface area (Å²) in [5.74, 6) is 0.550. The molecule has 1 fully saturated rings. The van der Waals surface area contributed by atoms with Crippen LogP contribution in [-0.4, -0.2) is 25.2 Å². The molecular weight excluding hydrogens is 378 g/mol. The van der Waals surface area contributed by atoms with Gasteiger partial charge in [0, 0.05) is 17.9 Å². The minimum Gasteiger partial charge on any atom is -0.491 e. The average molecular weight is 401 g/mol. The highest BCUT2D eigenvalue weighted by atomic mass is 16.5. The molecule has 1 atom stereocenters. The molecule has 3 aromatic carbocycles. The van der Waals surface area contributed by atoms with Crippen molar-refractivity contribution >= 4 is 23.0 Å². The normalized spacial score (nSPS) is 15.9. The number of nitrogens with one attached hydrogen (secondary N) is 1. The Hall–Kier alpha value is -3.51. The molecule has 0 saturated carbocycles. The van der Waals surface area contributed by atoms with Gasteiger partial charge in [-0.05, 0) is 73.5 Å². The molecule has 0 spiro atoms. The van der Waals surface area contributed by atoms with Crippen molar-refractivity contribution in [3.63, 3.8) is 0 Å². The molecule has 152 valence electrons. The van der Waals surface area contributed by atoms with Crippen LogP contribution in [0.15, 0.2) is 89.1 Å². The Bertz CT molecular complexity index is 980. The maximum absolute atomic E-state index is 12.5. The molecule has 1 N–H and O–H groups in total. The second-order valence-corrected chi connectivity index (χ2v) is 7.01. The number of rotatable bonds is 7. The highest BCUT2D eigenvalue weighted by molar-refractivity contribution is 6.04. The lowest BCUT2D eigenvalue weighted by Gasteiger charge is -2.12. The van der Waals surface area contributed by atoms with Crippen LogP contribution >= 0.6 is 0 Å². The van der Waals surface area contributed by atoms with Crippen molar-refractivity contribution in [2.45, 2.75) is 18.9 Å². The van der Waals surface area contributed by atoms with E-state index >= 15 is 0 Å². The van der Waals surface area contributed by atoms with Gasteiger partial charge >= 0.3 is 0 Å². The first kappa shape index (κ1) is 19.8. The zero-order chi connectivity index (χ0) is 20.6. The Kier molecular flexibility index (Phi) is 6.47. The van der Waals surface area contributed by atoms with E-state index in [9.17, 15) is 4.79 Å². The highest BCUT2D eigenvalue weighted by Crippen LogP contribution is 2.21. The van der Waals surface area contributed by atoms with Crippen LogP contribution in [-0.2, 0) is 4.74 Å². The summed E-state index contributed by atoms with van der Waals surface area (Å²) < 4.78 is 11.3. The molecule has 1 amide bonds. The molecule has 0 radical (unpaired) electrons. The number of carbonyl (C=O) groups excluding carboxylic acids is 1. The molecule has 0 aliphatic carbocycles. The predicted octanol–water partition coefficient (Wildman–Crippen LogP) is 5.91. The van der Waals surface area contributed by atoms with Crippen molar-refractivity contribution in [1.82, 2.24) is 0 Å². The molecule has 6 heteroatoms. The molecular formula is C24H23N3O3. The van der Waals surface area contributed by atoms with Crippen LogP contribution in [0.3, 0.4) is 0 Å². The van der Waals surface area contributed by atoms with Crippen molar-refractivity contribution in [1.29, 1.82) is 0 Å². The molecule has 1 heterocycles. The van der Waals surface area contributed by atoms with Crippen LogP contribution in [0.1, 0.15) is 23.2 Å². The largest absolute Gasteiger partial charge is 0.491 e. The van der Waals surface area contributed by atoms with E-state index in [0.29, 0.717) is 23.5 Å². The fraction of sp³-hybridized carbons (Fsp3) is 0.208. The molecule has 0 bridgehead atoms. The summed E-state index contributed by atoms with van der Waals surface area (Å²) >= 11 is 0. The summed E-state index contributed by atoms with van der Waals surface area (Å²) in [6.07, 6.45) is 2.29. The summed E-state index contributed by atoms with van der Waals surface area (Å²) in [6.45, 7) is 1.35. The van der Waals surface area contributed by atoms with Gasteiger partial charge in [0.1, 0.15) is 12.4 Å². The maximum atomic E-state index is 12.5. The lowest BCUT2D eigenvalue weighted by atomic mass is 10.2. The van der Waals surface area contributed by atoms with Gasteiger partial charge in [-0.2, -0.15) is 10.2 Å². The van der Waals surface area contributed by atoms with Crippen molar-refractivity contribution in [3.8, 4) is 5.75 Å². The molecule has 1 aliphatic heterocycles. The smallest absolute Gasteiger partial charge is 0.255 e. The lowest BCUT2D eigenvalue weighted by molar-refractivity contribution is 0.0679. The minimum absolute atomic E-state index is 0.170. The van der Waals surface area contributed by atoms with E-state index in [1.54, 1.807) is 36.4 Å². The molecule has 1 saturated heterocycles. The van der Waals surface area contributed by atoms with E-state index in [2.05, 4.69) is 15.5 Å². The van der Waals surface area contributed by atoms with Gasteiger partial charge < -0.3 is 14.8 Å². The molecule has 1 unspecified atom stereocenters. The van der Waals surface area contributed by atoms with Gasteiger partial charge in [0.05, 0.1) is 17.5 Å². The molecule has 3 aromatic rings. The minimum atomic E-state index is -0.181. The molecule has 30 heavy (non-hydrogen) atoms. The fourth-order valence-electron chi connectivity index (χ4n) is 3.09. The summed E-state index contributed by atoms with van der Waals surface area (Å²) in [6, 6.07) is 23.9. The Morgan fingerprint density at radius 1 is 0.933 bits per heavy atom. The SMILES string of the molecule is O=C(Nc1ccc(N=Nc2ccccc2)cc1)c1ccc(OCC2CCCO2)cc1. The molecule has 6 nitrogen and oxygen atoms in total. The number of ether oxygens (including phenoxy) is 2. The van der Waals surface area contributed by atoms with E-state index in [-0.39, 0.29) is 12.0 Å². The van der Waals surface area contributed by atoms with Gasteiger partial charge in [-0.1, -0.05) is 18.2 Å².